The van der Waals surface area contributed by atoms with Crippen LogP contribution in [0.3, 0.4) is 0 Å². The number of ether oxygens (including phenoxy) is 1. The van der Waals surface area contributed by atoms with E-state index >= 15 is 0 Å². The Balaban J connectivity index is 2.02. The zero-order valence-electron chi connectivity index (χ0n) is 10.1. The lowest BCUT2D eigenvalue weighted by atomic mass is 10.3. The van der Waals surface area contributed by atoms with Crippen molar-refractivity contribution in [2.75, 3.05) is 12.4 Å². The molecule has 1 heterocycles. The fourth-order valence-corrected chi connectivity index (χ4v) is 2.34. The normalized spacial score (nSPS) is 10.3. The molecule has 1 aromatic heterocycles. The van der Waals surface area contributed by atoms with Gasteiger partial charge in [0, 0.05) is 15.2 Å². The number of rotatable bonds is 4. The number of carbonyl (C=O) groups excluding carboxylic acids is 1. The van der Waals surface area contributed by atoms with Crippen molar-refractivity contribution in [2.24, 2.45) is 0 Å². The first kappa shape index (κ1) is 14.0. The third-order valence-corrected chi connectivity index (χ3v) is 3.35. The van der Waals surface area contributed by atoms with Gasteiger partial charge in [0.15, 0.2) is 0 Å². The van der Waals surface area contributed by atoms with Crippen molar-refractivity contribution in [1.82, 2.24) is 0 Å². The van der Waals surface area contributed by atoms with Crippen LogP contribution in [0.4, 0.5) is 5.69 Å². The van der Waals surface area contributed by atoms with E-state index < -0.39 is 5.97 Å². The molecule has 0 saturated heterocycles. The van der Waals surface area contributed by atoms with Crippen LogP contribution in [0.15, 0.2) is 39.4 Å². The standard InChI is InChI=1S/C13H11BrClNO3/c1-18-13(17)8-4-10(19-7-8)6-16-12-3-2-9(15)5-11(12)14/h2-5,7,16H,6H2,1H3. The first-order valence-electron chi connectivity index (χ1n) is 5.45. The molecular formula is C13H11BrClNO3. The third-order valence-electron chi connectivity index (χ3n) is 2.46. The summed E-state index contributed by atoms with van der Waals surface area (Å²) in [5, 5.41) is 3.83. The van der Waals surface area contributed by atoms with Crippen LogP contribution >= 0.6 is 27.5 Å². The zero-order valence-corrected chi connectivity index (χ0v) is 12.4. The summed E-state index contributed by atoms with van der Waals surface area (Å²) in [4.78, 5) is 11.3. The minimum Gasteiger partial charge on any atom is -0.467 e. The number of hydrogen-bond donors (Lipinski definition) is 1. The first-order valence-corrected chi connectivity index (χ1v) is 6.62. The summed E-state index contributed by atoms with van der Waals surface area (Å²) >= 11 is 9.27. The molecule has 0 unspecified atom stereocenters. The fraction of sp³-hybridized carbons (Fsp3) is 0.154. The number of esters is 1. The van der Waals surface area contributed by atoms with Gasteiger partial charge in [-0.1, -0.05) is 11.6 Å². The van der Waals surface area contributed by atoms with Crippen LogP contribution in [0.1, 0.15) is 16.1 Å². The molecule has 100 valence electrons. The van der Waals surface area contributed by atoms with E-state index in [2.05, 4.69) is 26.0 Å². The highest BCUT2D eigenvalue weighted by atomic mass is 79.9. The van der Waals surface area contributed by atoms with Crippen molar-refractivity contribution in [3.05, 3.63) is 51.3 Å². The Labute approximate surface area is 123 Å². The predicted molar refractivity (Wildman–Crippen MR) is 76.5 cm³/mol. The van der Waals surface area contributed by atoms with Crippen molar-refractivity contribution in [3.8, 4) is 0 Å². The summed E-state index contributed by atoms with van der Waals surface area (Å²) in [5.74, 6) is 0.227. The molecule has 6 heteroatoms. The van der Waals surface area contributed by atoms with E-state index in [9.17, 15) is 4.79 Å². The Hall–Kier alpha value is -1.46. The molecule has 0 atom stereocenters. The molecule has 2 aromatic rings. The number of benzene rings is 1. The molecule has 0 aliphatic carbocycles. The van der Waals surface area contributed by atoms with E-state index in [-0.39, 0.29) is 0 Å². The Kier molecular flexibility index (Phi) is 4.50. The predicted octanol–water partition coefficient (Wildman–Crippen LogP) is 4.09. The van der Waals surface area contributed by atoms with Crippen LogP contribution in [0, 0.1) is 0 Å². The van der Waals surface area contributed by atoms with Crippen LogP contribution in [0.2, 0.25) is 5.02 Å². The van der Waals surface area contributed by atoms with Crippen molar-refractivity contribution < 1.29 is 13.9 Å². The van der Waals surface area contributed by atoms with Crippen LogP contribution in [-0.4, -0.2) is 13.1 Å². The van der Waals surface area contributed by atoms with Crippen molar-refractivity contribution >= 4 is 39.2 Å². The second-order valence-corrected chi connectivity index (χ2v) is 5.06. The Morgan fingerprint density at radius 1 is 1.47 bits per heavy atom. The van der Waals surface area contributed by atoms with Gasteiger partial charge in [-0.2, -0.15) is 0 Å². The molecule has 0 aliphatic heterocycles. The van der Waals surface area contributed by atoms with Crippen LogP contribution in [0.5, 0.6) is 0 Å². The second kappa shape index (κ2) is 6.12. The minimum atomic E-state index is -0.414. The van der Waals surface area contributed by atoms with Gasteiger partial charge in [0.25, 0.3) is 0 Å². The van der Waals surface area contributed by atoms with E-state index in [4.69, 9.17) is 16.0 Å². The second-order valence-electron chi connectivity index (χ2n) is 3.77. The highest BCUT2D eigenvalue weighted by Crippen LogP contribution is 2.26. The van der Waals surface area contributed by atoms with Crippen LogP contribution < -0.4 is 5.32 Å². The summed E-state index contributed by atoms with van der Waals surface area (Å²) < 4.78 is 10.7. The summed E-state index contributed by atoms with van der Waals surface area (Å²) in [7, 11) is 1.33. The molecule has 0 aliphatic rings. The maximum atomic E-state index is 11.3. The zero-order chi connectivity index (χ0) is 13.8. The van der Waals surface area contributed by atoms with E-state index in [1.807, 2.05) is 6.07 Å². The number of methoxy groups -OCH3 is 1. The highest BCUT2D eigenvalue weighted by Gasteiger charge is 2.10. The van der Waals surface area contributed by atoms with Gasteiger partial charge in [0.2, 0.25) is 0 Å². The number of nitrogens with one attached hydrogen (secondary N) is 1. The quantitative estimate of drug-likeness (QED) is 0.849. The number of hydrogen-bond acceptors (Lipinski definition) is 4. The lowest BCUT2D eigenvalue weighted by Gasteiger charge is -2.06. The lowest BCUT2D eigenvalue weighted by Crippen LogP contribution is -2.00. The first-order chi connectivity index (χ1) is 9.10. The Morgan fingerprint density at radius 3 is 2.95 bits per heavy atom. The molecule has 0 bridgehead atoms. The maximum absolute atomic E-state index is 11.3. The number of halogens is 2. The van der Waals surface area contributed by atoms with Crippen molar-refractivity contribution in [1.29, 1.82) is 0 Å². The van der Waals surface area contributed by atoms with E-state index in [1.165, 1.54) is 13.4 Å². The molecular weight excluding hydrogens is 334 g/mol. The molecule has 4 nitrogen and oxygen atoms in total. The van der Waals surface area contributed by atoms with Gasteiger partial charge in [-0.05, 0) is 40.2 Å². The van der Waals surface area contributed by atoms with Crippen LogP contribution in [0.25, 0.3) is 0 Å². The van der Waals surface area contributed by atoms with Crippen LogP contribution in [-0.2, 0) is 11.3 Å². The van der Waals surface area contributed by atoms with Gasteiger partial charge in [0.1, 0.15) is 12.0 Å². The summed E-state index contributed by atoms with van der Waals surface area (Å²) in [6.45, 7) is 0.456. The van der Waals surface area contributed by atoms with Gasteiger partial charge in [-0.3, -0.25) is 0 Å². The summed E-state index contributed by atoms with van der Waals surface area (Å²) in [6, 6.07) is 7.09. The number of anilines is 1. The van der Waals surface area contributed by atoms with Crippen molar-refractivity contribution in [2.45, 2.75) is 6.54 Å². The monoisotopic (exact) mass is 343 g/mol. The Morgan fingerprint density at radius 2 is 2.26 bits per heavy atom. The molecule has 0 amide bonds. The largest absolute Gasteiger partial charge is 0.467 e. The summed E-state index contributed by atoms with van der Waals surface area (Å²) in [5.41, 5.74) is 1.29. The summed E-state index contributed by atoms with van der Waals surface area (Å²) in [6.07, 6.45) is 1.37. The molecule has 0 radical (unpaired) electrons. The van der Waals surface area contributed by atoms with Gasteiger partial charge >= 0.3 is 5.97 Å². The van der Waals surface area contributed by atoms with E-state index in [1.54, 1.807) is 18.2 Å². The van der Waals surface area contributed by atoms with Crippen molar-refractivity contribution in [3.63, 3.8) is 0 Å². The molecule has 0 fully saturated rings. The molecule has 19 heavy (non-hydrogen) atoms. The molecule has 1 aromatic carbocycles. The maximum Gasteiger partial charge on any atom is 0.341 e. The third kappa shape index (κ3) is 3.52. The number of furan rings is 1. The fourth-order valence-electron chi connectivity index (χ4n) is 1.51. The van der Waals surface area contributed by atoms with Gasteiger partial charge < -0.3 is 14.5 Å². The highest BCUT2D eigenvalue weighted by molar-refractivity contribution is 9.10. The van der Waals surface area contributed by atoms with Gasteiger partial charge in [-0.25, -0.2) is 4.79 Å². The smallest absolute Gasteiger partial charge is 0.341 e. The molecule has 1 N–H and O–H groups in total. The van der Waals surface area contributed by atoms with Gasteiger partial charge in [-0.15, -0.1) is 0 Å². The minimum absolute atomic E-state index is 0.398. The van der Waals surface area contributed by atoms with E-state index in [0.29, 0.717) is 22.9 Å². The van der Waals surface area contributed by atoms with E-state index in [0.717, 1.165) is 10.2 Å². The molecule has 0 saturated carbocycles. The average molecular weight is 345 g/mol. The average Bonchev–Trinajstić information content (AvgIpc) is 2.85. The molecule has 0 spiro atoms. The number of carbonyl (C=O) groups is 1. The van der Waals surface area contributed by atoms with Gasteiger partial charge in [0.05, 0.1) is 19.2 Å². The topological polar surface area (TPSA) is 51.5 Å². The lowest BCUT2D eigenvalue weighted by molar-refractivity contribution is 0.0600. The molecule has 2 rings (SSSR count). The SMILES string of the molecule is COC(=O)c1coc(CNc2ccc(Cl)cc2Br)c1. The Bertz CT molecular complexity index is 597.